The lowest BCUT2D eigenvalue weighted by atomic mass is 10.1. The Morgan fingerprint density at radius 1 is 1.38 bits per heavy atom. The van der Waals surface area contributed by atoms with Crippen LogP contribution in [0.4, 0.5) is 5.95 Å². The van der Waals surface area contributed by atoms with Gasteiger partial charge in [0.15, 0.2) is 0 Å². The summed E-state index contributed by atoms with van der Waals surface area (Å²) in [6.07, 6.45) is 7.63. The van der Waals surface area contributed by atoms with E-state index in [-0.39, 0.29) is 0 Å². The Bertz CT molecular complexity index is 393. The molecule has 1 unspecified atom stereocenters. The van der Waals surface area contributed by atoms with E-state index in [1.807, 2.05) is 19.4 Å². The lowest BCUT2D eigenvalue weighted by Gasteiger charge is -2.27. The van der Waals surface area contributed by atoms with Crippen LogP contribution in [0.2, 0.25) is 0 Å². The summed E-state index contributed by atoms with van der Waals surface area (Å²) in [5.74, 6) is 0.754. The van der Waals surface area contributed by atoms with Crippen molar-refractivity contribution in [1.29, 1.82) is 0 Å². The van der Waals surface area contributed by atoms with Crippen LogP contribution in [0.25, 0.3) is 0 Å². The van der Waals surface area contributed by atoms with Crippen molar-refractivity contribution in [3.05, 3.63) is 18.0 Å². The van der Waals surface area contributed by atoms with Gasteiger partial charge in [-0.3, -0.25) is 0 Å². The van der Waals surface area contributed by atoms with Crippen LogP contribution in [-0.2, 0) is 16.0 Å². The summed E-state index contributed by atoms with van der Waals surface area (Å²) >= 11 is 0. The van der Waals surface area contributed by atoms with Crippen LogP contribution in [0.15, 0.2) is 12.4 Å². The maximum Gasteiger partial charge on any atom is 0.225 e. The van der Waals surface area contributed by atoms with Gasteiger partial charge in [0.05, 0.1) is 12.7 Å². The van der Waals surface area contributed by atoms with E-state index in [0.29, 0.717) is 12.7 Å². The van der Waals surface area contributed by atoms with E-state index < -0.39 is 0 Å². The molecule has 0 aliphatic carbocycles. The molecule has 1 aromatic rings. The molecule has 2 heterocycles. The molecule has 1 saturated heterocycles. The molecular formula is C15H26N4O2. The van der Waals surface area contributed by atoms with Crippen molar-refractivity contribution < 1.29 is 9.47 Å². The van der Waals surface area contributed by atoms with E-state index in [1.165, 1.54) is 12.8 Å². The molecule has 1 aliphatic rings. The number of rotatable bonds is 8. The van der Waals surface area contributed by atoms with Crippen molar-refractivity contribution in [2.45, 2.75) is 31.9 Å². The lowest BCUT2D eigenvalue weighted by Crippen LogP contribution is -2.34. The van der Waals surface area contributed by atoms with Gasteiger partial charge in [-0.1, -0.05) is 0 Å². The quantitative estimate of drug-likeness (QED) is 0.728. The number of nitrogens with zero attached hydrogens (tertiary/aromatic N) is 3. The Morgan fingerprint density at radius 3 is 2.86 bits per heavy atom. The first-order valence-electron chi connectivity index (χ1n) is 7.63. The summed E-state index contributed by atoms with van der Waals surface area (Å²) < 4.78 is 10.7. The number of anilines is 1. The zero-order valence-corrected chi connectivity index (χ0v) is 13.0. The third kappa shape index (κ3) is 5.57. The molecule has 21 heavy (non-hydrogen) atoms. The van der Waals surface area contributed by atoms with E-state index in [0.717, 1.165) is 44.2 Å². The first-order valence-corrected chi connectivity index (χ1v) is 7.63. The topological polar surface area (TPSA) is 59.5 Å². The molecule has 0 radical (unpaired) electrons. The van der Waals surface area contributed by atoms with Crippen LogP contribution in [-0.4, -0.2) is 56.5 Å². The number of hydrogen-bond donors (Lipinski definition) is 1. The summed E-state index contributed by atoms with van der Waals surface area (Å²) in [6, 6.07) is 0. The molecule has 1 atom stereocenters. The third-order valence-electron chi connectivity index (χ3n) is 3.60. The highest BCUT2D eigenvalue weighted by Crippen LogP contribution is 2.15. The first-order chi connectivity index (χ1) is 10.3. The summed E-state index contributed by atoms with van der Waals surface area (Å²) in [5.41, 5.74) is 1.08. The van der Waals surface area contributed by atoms with E-state index in [1.54, 1.807) is 7.11 Å². The molecule has 0 bridgehead atoms. The molecule has 1 N–H and O–H groups in total. The number of aromatic nitrogens is 2. The second kappa shape index (κ2) is 8.92. The van der Waals surface area contributed by atoms with E-state index >= 15 is 0 Å². The van der Waals surface area contributed by atoms with Crippen molar-refractivity contribution in [3.63, 3.8) is 0 Å². The van der Waals surface area contributed by atoms with Crippen LogP contribution in [0.5, 0.6) is 0 Å². The second-order valence-corrected chi connectivity index (χ2v) is 5.43. The predicted octanol–water partition coefficient (Wildman–Crippen LogP) is 1.22. The molecule has 6 nitrogen and oxygen atoms in total. The number of methoxy groups -OCH3 is 1. The lowest BCUT2D eigenvalue weighted by molar-refractivity contribution is 0.0214. The van der Waals surface area contributed by atoms with E-state index in [9.17, 15) is 0 Å². The van der Waals surface area contributed by atoms with Crippen molar-refractivity contribution in [2.75, 3.05) is 45.4 Å². The minimum absolute atomic E-state index is 0.308. The number of ether oxygens (including phenoxy) is 2. The zero-order chi connectivity index (χ0) is 14.9. The fraction of sp³-hybridized carbons (Fsp3) is 0.733. The fourth-order valence-corrected chi connectivity index (χ4v) is 2.38. The zero-order valence-electron chi connectivity index (χ0n) is 13.0. The average molecular weight is 294 g/mol. The number of hydrogen-bond acceptors (Lipinski definition) is 6. The number of likely N-dealkylation sites (N-methyl/N-ethyl adjacent to an activating group) is 1. The predicted molar refractivity (Wildman–Crippen MR) is 82.5 cm³/mol. The summed E-state index contributed by atoms with van der Waals surface area (Å²) in [4.78, 5) is 10.9. The van der Waals surface area contributed by atoms with E-state index in [2.05, 4.69) is 20.2 Å². The van der Waals surface area contributed by atoms with Gasteiger partial charge < -0.3 is 19.7 Å². The van der Waals surface area contributed by atoms with Crippen molar-refractivity contribution >= 4 is 5.95 Å². The number of nitrogens with one attached hydrogen (secondary N) is 1. The molecule has 2 rings (SSSR count). The van der Waals surface area contributed by atoms with Gasteiger partial charge in [-0.05, 0) is 19.3 Å². The van der Waals surface area contributed by atoms with Crippen LogP contribution in [0.1, 0.15) is 24.8 Å². The second-order valence-electron chi connectivity index (χ2n) is 5.43. The fourth-order valence-electron chi connectivity index (χ4n) is 2.38. The van der Waals surface area contributed by atoms with Gasteiger partial charge in [0.1, 0.15) is 0 Å². The minimum Gasteiger partial charge on any atom is -0.383 e. The van der Waals surface area contributed by atoms with Gasteiger partial charge in [0.25, 0.3) is 0 Å². The van der Waals surface area contributed by atoms with Crippen molar-refractivity contribution in [1.82, 2.24) is 15.3 Å². The summed E-state index contributed by atoms with van der Waals surface area (Å²) in [6.45, 7) is 4.04. The third-order valence-corrected chi connectivity index (χ3v) is 3.60. The Kier molecular flexibility index (Phi) is 6.85. The Morgan fingerprint density at radius 2 is 2.19 bits per heavy atom. The van der Waals surface area contributed by atoms with Crippen LogP contribution in [0, 0.1) is 0 Å². The summed E-state index contributed by atoms with van der Waals surface area (Å²) in [5, 5.41) is 3.28. The molecule has 1 fully saturated rings. The maximum atomic E-state index is 5.75. The highest BCUT2D eigenvalue weighted by atomic mass is 16.5. The van der Waals surface area contributed by atoms with Gasteiger partial charge in [0.2, 0.25) is 5.95 Å². The smallest absolute Gasteiger partial charge is 0.225 e. The average Bonchev–Trinajstić information content (AvgIpc) is 2.53. The molecular weight excluding hydrogens is 268 g/mol. The maximum absolute atomic E-state index is 5.75. The normalized spacial score (nSPS) is 18.7. The molecule has 0 saturated carbocycles. The van der Waals surface area contributed by atoms with Gasteiger partial charge in [-0.25, -0.2) is 9.97 Å². The SMILES string of the molecule is COCCNCc1cnc(N(C)CC2CCCCO2)nc1. The van der Waals surface area contributed by atoms with Crippen LogP contribution >= 0.6 is 0 Å². The summed E-state index contributed by atoms with van der Waals surface area (Å²) in [7, 11) is 3.72. The van der Waals surface area contributed by atoms with Gasteiger partial charge >= 0.3 is 0 Å². The minimum atomic E-state index is 0.308. The van der Waals surface area contributed by atoms with Crippen molar-refractivity contribution in [2.24, 2.45) is 0 Å². The van der Waals surface area contributed by atoms with Gasteiger partial charge in [-0.15, -0.1) is 0 Å². The van der Waals surface area contributed by atoms with Crippen LogP contribution < -0.4 is 10.2 Å². The first kappa shape index (κ1) is 16.1. The molecule has 1 aliphatic heterocycles. The monoisotopic (exact) mass is 294 g/mol. The largest absolute Gasteiger partial charge is 0.383 e. The Labute approximate surface area is 126 Å². The molecule has 1 aromatic heterocycles. The van der Waals surface area contributed by atoms with Gasteiger partial charge in [-0.2, -0.15) is 0 Å². The molecule has 0 amide bonds. The van der Waals surface area contributed by atoms with E-state index in [4.69, 9.17) is 9.47 Å². The Balaban J connectivity index is 1.77. The van der Waals surface area contributed by atoms with Crippen LogP contribution in [0.3, 0.4) is 0 Å². The van der Waals surface area contributed by atoms with Crippen molar-refractivity contribution in [3.8, 4) is 0 Å². The molecule has 0 aromatic carbocycles. The standard InChI is InChI=1S/C15H26N4O2/c1-19(12-14-5-3-4-7-21-14)15-17-10-13(11-18-15)9-16-6-8-20-2/h10-11,14,16H,3-9,12H2,1-2H3. The highest BCUT2D eigenvalue weighted by Gasteiger charge is 2.17. The molecule has 0 spiro atoms. The highest BCUT2D eigenvalue weighted by molar-refractivity contribution is 5.28. The Hall–Kier alpha value is -1.24. The van der Waals surface area contributed by atoms with Gasteiger partial charge in [0, 0.05) is 58.4 Å². The molecule has 118 valence electrons. The molecule has 6 heteroatoms.